The van der Waals surface area contributed by atoms with E-state index >= 15 is 0 Å². The molecule has 0 fully saturated rings. The Labute approximate surface area is 100 Å². The average Bonchev–Trinajstić information content (AvgIpc) is 2.64. The molecule has 0 saturated carbocycles. The number of nitrogens with one attached hydrogen (secondary N) is 1. The molecule has 0 saturated heterocycles. The van der Waals surface area contributed by atoms with Gasteiger partial charge in [0.15, 0.2) is 0 Å². The fraction of sp³-hybridized carbons (Fsp3) is 0.214. The molecule has 3 heteroatoms. The van der Waals surface area contributed by atoms with Crippen molar-refractivity contribution in [3.63, 3.8) is 0 Å². The molecule has 0 bridgehead atoms. The third kappa shape index (κ3) is 2.01. The lowest BCUT2D eigenvalue weighted by molar-refractivity contribution is 0.327. The minimum atomic E-state index is 0.713. The van der Waals surface area contributed by atoms with Crippen molar-refractivity contribution in [3.05, 3.63) is 48.3 Å². The first-order valence-electron chi connectivity index (χ1n) is 5.81. The Kier molecular flexibility index (Phi) is 2.76. The second-order valence-corrected chi connectivity index (χ2v) is 4.06. The highest BCUT2D eigenvalue weighted by Crippen LogP contribution is 2.33. The van der Waals surface area contributed by atoms with Crippen LogP contribution < -0.4 is 10.1 Å². The maximum absolute atomic E-state index is 5.84. The number of nitrogens with zero attached hydrogens (tertiary/aromatic N) is 1. The molecule has 0 atom stereocenters. The second-order valence-electron chi connectivity index (χ2n) is 4.06. The van der Waals surface area contributed by atoms with Gasteiger partial charge in [0.2, 0.25) is 0 Å². The highest BCUT2D eigenvalue weighted by molar-refractivity contribution is 5.71. The lowest BCUT2D eigenvalue weighted by Gasteiger charge is -2.12. The number of hydrogen-bond donors (Lipinski definition) is 1. The molecule has 2 aromatic rings. The molecule has 0 radical (unpaired) electrons. The number of fused-ring (bicyclic) bond motifs is 1. The molecule has 1 aromatic heterocycles. The van der Waals surface area contributed by atoms with E-state index in [0.29, 0.717) is 6.61 Å². The van der Waals surface area contributed by atoms with Crippen LogP contribution in [0.3, 0.4) is 0 Å². The summed E-state index contributed by atoms with van der Waals surface area (Å²) < 4.78 is 5.84. The fourth-order valence-corrected chi connectivity index (χ4v) is 2.09. The molecule has 1 aliphatic rings. The van der Waals surface area contributed by atoms with E-state index in [1.807, 2.05) is 12.3 Å². The Morgan fingerprint density at radius 3 is 3.06 bits per heavy atom. The zero-order valence-corrected chi connectivity index (χ0v) is 9.52. The predicted octanol–water partition coefficient (Wildman–Crippen LogP) is 2.23. The quantitative estimate of drug-likeness (QED) is 0.809. The molecule has 0 aliphatic carbocycles. The normalized spacial score (nSPS) is 14.6. The molecule has 0 amide bonds. The van der Waals surface area contributed by atoms with Gasteiger partial charge in [-0.2, -0.15) is 0 Å². The second kappa shape index (κ2) is 4.55. The number of hydrogen-bond acceptors (Lipinski definition) is 3. The summed E-state index contributed by atoms with van der Waals surface area (Å²) in [7, 11) is 0. The van der Waals surface area contributed by atoms with Gasteiger partial charge in [0.25, 0.3) is 0 Å². The van der Waals surface area contributed by atoms with Gasteiger partial charge < -0.3 is 10.1 Å². The van der Waals surface area contributed by atoms with E-state index in [-0.39, 0.29) is 0 Å². The van der Waals surface area contributed by atoms with Crippen LogP contribution >= 0.6 is 0 Å². The molecule has 86 valence electrons. The molecule has 1 aromatic carbocycles. The Bertz CT molecular complexity index is 511. The highest BCUT2D eigenvalue weighted by Gasteiger charge is 2.13. The molecule has 3 rings (SSSR count). The first-order chi connectivity index (χ1) is 8.45. The van der Waals surface area contributed by atoms with E-state index < -0.39 is 0 Å². The van der Waals surface area contributed by atoms with E-state index in [9.17, 15) is 0 Å². The van der Waals surface area contributed by atoms with Gasteiger partial charge in [0, 0.05) is 42.2 Å². The van der Waals surface area contributed by atoms with Gasteiger partial charge in [-0.05, 0) is 6.07 Å². The first kappa shape index (κ1) is 10.3. The van der Waals surface area contributed by atoms with Crippen molar-refractivity contribution < 1.29 is 4.74 Å². The van der Waals surface area contributed by atoms with Crippen molar-refractivity contribution in [3.8, 4) is 16.9 Å². The summed E-state index contributed by atoms with van der Waals surface area (Å²) in [6, 6.07) is 10.3. The molecular formula is C14H14N2O. The highest BCUT2D eigenvalue weighted by atomic mass is 16.5. The topological polar surface area (TPSA) is 34.1 Å². The predicted molar refractivity (Wildman–Crippen MR) is 66.9 cm³/mol. The van der Waals surface area contributed by atoms with Crippen molar-refractivity contribution in [1.29, 1.82) is 0 Å². The van der Waals surface area contributed by atoms with Crippen LogP contribution in [0.15, 0.2) is 42.7 Å². The molecule has 3 nitrogen and oxygen atoms in total. The van der Waals surface area contributed by atoms with Crippen LogP contribution in [0.5, 0.6) is 5.75 Å². The monoisotopic (exact) mass is 226 g/mol. The maximum Gasteiger partial charge on any atom is 0.131 e. The van der Waals surface area contributed by atoms with Crippen molar-refractivity contribution in [2.45, 2.75) is 6.54 Å². The lowest BCUT2D eigenvalue weighted by Crippen LogP contribution is -2.16. The smallest absolute Gasteiger partial charge is 0.131 e. The van der Waals surface area contributed by atoms with Gasteiger partial charge in [-0.3, -0.25) is 4.98 Å². The number of aromatic nitrogens is 1. The van der Waals surface area contributed by atoms with Gasteiger partial charge in [-0.1, -0.05) is 24.3 Å². The number of rotatable bonds is 1. The standard InChI is InChI=1S/C14H14N2O/c1-3-12-10-16-7-8-17-14(12)13(5-1)11-4-2-6-15-9-11/h1-6,9,16H,7-8,10H2. The molecule has 0 spiro atoms. The number of pyridine rings is 1. The molecule has 17 heavy (non-hydrogen) atoms. The third-order valence-electron chi connectivity index (χ3n) is 2.91. The van der Waals surface area contributed by atoms with Gasteiger partial charge in [-0.15, -0.1) is 0 Å². The van der Waals surface area contributed by atoms with Gasteiger partial charge in [-0.25, -0.2) is 0 Å². The van der Waals surface area contributed by atoms with Gasteiger partial charge >= 0.3 is 0 Å². The van der Waals surface area contributed by atoms with Gasteiger partial charge in [0.05, 0.1) is 0 Å². The Balaban J connectivity index is 2.11. The Hall–Kier alpha value is -1.87. The van der Waals surface area contributed by atoms with E-state index in [1.165, 1.54) is 5.56 Å². The summed E-state index contributed by atoms with van der Waals surface area (Å²) in [6.45, 7) is 2.47. The summed E-state index contributed by atoms with van der Waals surface area (Å²) in [6.07, 6.45) is 3.66. The third-order valence-corrected chi connectivity index (χ3v) is 2.91. The van der Waals surface area contributed by atoms with Crippen LogP contribution in [-0.4, -0.2) is 18.1 Å². The minimum Gasteiger partial charge on any atom is -0.491 e. The van der Waals surface area contributed by atoms with Crippen LogP contribution in [-0.2, 0) is 6.54 Å². The summed E-state index contributed by atoms with van der Waals surface area (Å²) >= 11 is 0. The van der Waals surface area contributed by atoms with Crippen LogP contribution in [0, 0.1) is 0 Å². The van der Waals surface area contributed by atoms with Crippen molar-refractivity contribution in [2.24, 2.45) is 0 Å². The molecular weight excluding hydrogens is 212 g/mol. The van der Waals surface area contributed by atoms with Crippen LogP contribution in [0.25, 0.3) is 11.1 Å². The molecule has 2 heterocycles. The maximum atomic E-state index is 5.84. The summed E-state index contributed by atoms with van der Waals surface area (Å²) in [5.74, 6) is 0.991. The Morgan fingerprint density at radius 2 is 2.18 bits per heavy atom. The molecule has 1 aliphatic heterocycles. The zero-order valence-electron chi connectivity index (χ0n) is 9.52. The summed E-state index contributed by atoms with van der Waals surface area (Å²) in [5.41, 5.74) is 3.44. The van der Waals surface area contributed by atoms with E-state index in [0.717, 1.165) is 30.0 Å². The van der Waals surface area contributed by atoms with Crippen molar-refractivity contribution >= 4 is 0 Å². The van der Waals surface area contributed by atoms with E-state index in [4.69, 9.17) is 4.74 Å². The van der Waals surface area contributed by atoms with Crippen LogP contribution in [0.1, 0.15) is 5.56 Å². The SMILES string of the molecule is c1cncc(-c2cccc3c2OCCNC3)c1. The first-order valence-corrected chi connectivity index (χ1v) is 5.81. The van der Waals surface area contributed by atoms with Crippen molar-refractivity contribution in [2.75, 3.05) is 13.2 Å². The number of para-hydroxylation sites is 1. The van der Waals surface area contributed by atoms with E-state index in [1.54, 1.807) is 6.20 Å². The largest absolute Gasteiger partial charge is 0.491 e. The summed E-state index contributed by atoms with van der Waals surface area (Å²) in [5, 5.41) is 3.34. The van der Waals surface area contributed by atoms with Crippen LogP contribution in [0.2, 0.25) is 0 Å². The summed E-state index contributed by atoms with van der Waals surface area (Å²) in [4.78, 5) is 4.16. The Morgan fingerprint density at radius 1 is 1.18 bits per heavy atom. The lowest BCUT2D eigenvalue weighted by atomic mass is 10.0. The fourth-order valence-electron chi connectivity index (χ4n) is 2.09. The number of benzene rings is 1. The van der Waals surface area contributed by atoms with Crippen molar-refractivity contribution in [1.82, 2.24) is 10.3 Å². The molecule has 0 unspecified atom stereocenters. The number of ether oxygens (including phenoxy) is 1. The van der Waals surface area contributed by atoms with Gasteiger partial charge in [0.1, 0.15) is 12.4 Å². The average molecular weight is 226 g/mol. The molecule has 1 N–H and O–H groups in total. The van der Waals surface area contributed by atoms with E-state index in [2.05, 4.69) is 34.6 Å². The zero-order chi connectivity index (χ0) is 11.5. The van der Waals surface area contributed by atoms with Crippen LogP contribution in [0.4, 0.5) is 0 Å². The minimum absolute atomic E-state index is 0.713.